The maximum atomic E-state index is 11.0. The Balaban J connectivity index is 2.86. The van der Waals surface area contributed by atoms with Crippen molar-refractivity contribution < 1.29 is 4.79 Å². The third-order valence-corrected chi connectivity index (χ3v) is 2.18. The summed E-state index contributed by atoms with van der Waals surface area (Å²) in [5.41, 5.74) is 1.02. The molecule has 0 radical (unpaired) electrons. The molecule has 13 heavy (non-hydrogen) atoms. The summed E-state index contributed by atoms with van der Waals surface area (Å²) in [7, 11) is 1.88. The third-order valence-electron chi connectivity index (χ3n) is 2.18. The summed E-state index contributed by atoms with van der Waals surface area (Å²) >= 11 is 0. The van der Waals surface area contributed by atoms with Crippen LogP contribution in [-0.4, -0.2) is 15.6 Å². The maximum Gasteiger partial charge on any atom is 0.130 e. The van der Waals surface area contributed by atoms with Gasteiger partial charge < -0.3 is 0 Å². The van der Waals surface area contributed by atoms with Gasteiger partial charge in [0, 0.05) is 19.7 Å². The molecule has 1 aromatic heterocycles. The predicted molar refractivity (Wildman–Crippen MR) is 51.5 cm³/mol. The monoisotopic (exact) mass is 180 g/mol. The molecule has 0 bridgehead atoms. The minimum absolute atomic E-state index is 0.0971. The van der Waals surface area contributed by atoms with Gasteiger partial charge in [0.1, 0.15) is 5.78 Å². The van der Waals surface area contributed by atoms with Gasteiger partial charge in [-0.25, -0.2) is 0 Å². The zero-order valence-electron chi connectivity index (χ0n) is 8.66. The van der Waals surface area contributed by atoms with Gasteiger partial charge in [0.2, 0.25) is 0 Å². The molecule has 3 heteroatoms. The molecule has 0 atom stereocenters. The molecule has 0 aliphatic rings. The fraction of sp³-hybridized carbons (Fsp3) is 0.600. The van der Waals surface area contributed by atoms with Crippen LogP contribution in [0.25, 0.3) is 0 Å². The van der Waals surface area contributed by atoms with E-state index in [0.717, 1.165) is 5.56 Å². The first-order chi connectivity index (χ1) is 5.92. The number of ketones is 1. The van der Waals surface area contributed by atoms with Crippen molar-refractivity contribution in [2.45, 2.75) is 32.6 Å². The van der Waals surface area contributed by atoms with E-state index < -0.39 is 0 Å². The van der Waals surface area contributed by atoms with Crippen LogP contribution in [0.2, 0.25) is 0 Å². The zero-order valence-corrected chi connectivity index (χ0v) is 8.66. The van der Waals surface area contributed by atoms with E-state index in [0.29, 0.717) is 6.42 Å². The molecule has 0 unspecified atom stereocenters. The van der Waals surface area contributed by atoms with Crippen molar-refractivity contribution in [2.24, 2.45) is 7.05 Å². The van der Waals surface area contributed by atoms with Gasteiger partial charge in [-0.2, -0.15) is 5.10 Å². The highest BCUT2D eigenvalue weighted by molar-refractivity contribution is 5.77. The average Bonchev–Trinajstić information content (AvgIpc) is 2.32. The van der Waals surface area contributed by atoms with Crippen LogP contribution in [0.15, 0.2) is 12.4 Å². The molecule has 1 aromatic rings. The van der Waals surface area contributed by atoms with E-state index in [1.54, 1.807) is 11.6 Å². The zero-order chi connectivity index (χ0) is 10.1. The Morgan fingerprint density at radius 1 is 1.62 bits per heavy atom. The summed E-state index contributed by atoms with van der Waals surface area (Å²) in [5.74, 6) is 0.217. The largest absolute Gasteiger partial charge is 0.300 e. The second-order valence-corrected chi connectivity index (χ2v) is 4.17. The van der Waals surface area contributed by atoms with Gasteiger partial charge in [0.15, 0.2) is 0 Å². The fourth-order valence-corrected chi connectivity index (χ4v) is 1.50. The summed E-state index contributed by atoms with van der Waals surface area (Å²) in [6, 6.07) is 0. The van der Waals surface area contributed by atoms with Crippen LogP contribution in [0.3, 0.4) is 0 Å². The Morgan fingerprint density at radius 2 is 2.23 bits per heavy atom. The van der Waals surface area contributed by atoms with Crippen molar-refractivity contribution in [1.82, 2.24) is 9.78 Å². The van der Waals surface area contributed by atoms with Crippen LogP contribution in [-0.2, 0) is 17.3 Å². The van der Waals surface area contributed by atoms with Crippen molar-refractivity contribution in [1.29, 1.82) is 0 Å². The molecular formula is C10H16N2O. The molecule has 0 aromatic carbocycles. The Morgan fingerprint density at radius 3 is 2.62 bits per heavy atom. The van der Waals surface area contributed by atoms with Gasteiger partial charge in [0.25, 0.3) is 0 Å². The second-order valence-electron chi connectivity index (χ2n) is 4.17. The molecule has 0 aliphatic carbocycles. The normalized spacial score (nSPS) is 11.7. The van der Waals surface area contributed by atoms with Crippen LogP contribution in [0.1, 0.15) is 32.8 Å². The number of rotatable bonds is 3. The highest BCUT2D eigenvalue weighted by atomic mass is 16.1. The lowest BCUT2D eigenvalue weighted by Crippen LogP contribution is -2.19. The van der Waals surface area contributed by atoms with E-state index in [1.807, 2.05) is 19.4 Å². The fourth-order valence-electron chi connectivity index (χ4n) is 1.50. The molecule has 3 nitrogen and oxygen atoms in total. The smallest absolute Gasteiger partial charge is 0.130 e. The van der Waals surface area contributed by atoms with Gasteiger partial charge in [-0.15, -0.1) is 0 Å². The van der Waals surface area contributed by atoms with Gasteiger partial charge in [0.05, 0.1) is 6.20 Å². The van der Waals surface area contributed by atoms with Gasteiger partial charge in [-0.3, -0.25) is 9.48 Å². The standard InChI is InChI=1S/C10H16N2O/c1-8(13)5-10(2,3)9-6-11-12(4)7-9/h6-7H,5H2,1-4H3. The molecule has 0 amide bonds. The molecule has 0 aliphatic heterocycles. The van der Waals surface area contributed by atoms with Crippen LogP contribution in [0, 0.1) is 0 Å². The van der Waals surface area contributed by atoms with E-state index >= 15 is 0 Å². The molecule has 72 valence electrons. The van der Waals surface area contributed by atoms with E-state index in [2.05, 4.69) is 18.9 Å². The van der Waals surface area contributed by atoms with Crippen molar-refractivity contribution in [3.63, 3.8) is 0 Å². The third kappa shape index (κ3) is 2.41. The first kappa shape index (κ1) is 9.96. The number of carbonyl (C=O) groups excluding carboxylic acids is 1. The lowest BCUT2D eigenvalue weighted by atomic mass is 9.82. The molecular weight excluding hydrogens is 164 g/mol. The van der Waals surface area contributed by atoms with Crippen molar-refractivity contribution in [3.8, 4) is 0 Å². The van der Waals surface area contributed by atoms with E-state index in [-0.39, 0.29) is 11.2 Å². The Bertz CT molecular complexity index is 312. The van der Waals surface area contributed by atoms with Gasteiger partial charge in [-0.05, 0) is 17.9 Å². The lowest BCUT2D eigenvalue weighted by Gasteiger charge is -2.21. The molecule has 0 fully saturated rings. The number of hydrogen-bond donors (Lipinski definition) is 0. The minimum atomic E-state index is -0.0971. The number of hydrogen-bond acceptors (Lipinski definition) is 2. The summed E-state index contributed by atoms with van der Waals surface area (Å²) in [4.78, 5) is 11.0. The SMILES string of the molecule is CC(=O)CC(C)(C)c1cnn(C)c1. The maximum absolute atomic E-state index is 11.0. The molecule has 0 spiro atoms. The lowest BCUT2D eigenvalue weighted by molar-refractivity contribution is -0.118. The average molecular weight is 180 g/mol. The van der Waals surface area contributed by atoms with E-state index in [4.69, 9.17) is 0 Å². The van der Waals surface area contributed by atoms with E-state index in [9.17, 15) is 4.79 Å². The number of Topliss-reactive ketones (excluding diaryl/α,β-unsaturated/α-hetero) is 1. The predicted octanol–water partition coefficient (Wildman–Crippen LogP) is 1.68. The van der Waals surface area contributed by atoms with E-state index in [1.165, 1.54) is 0 Å². The number of aryl methyl sites for hydroxylation is 1. The Hall–Kier alpha value is -1.12. The quantitative estimate of drug-likeness (QED) is 0.709. The highest BCUT2D eigenvalue weighted by Crippen LogP contribution is 2.26. The van der Waals surface area contributed by atoms with Crippen molar-refractivity contribution in [2.75, 3.05) is 0 Å². The molecule has 0 N–H and O–H groups in total. The number of aromatic nitrogens is 2. The van der Waals surface area contributed by atoms with Crippen LogP contribution in [0.5, 0.6) is 0 Å². The Kier molecular flexibility index (Phi) is 2.55. The topological polar surface area (TPSA) is 34.9 Å². The summed E-state index contributed by atoms with van der Waals surface area (Å²) in [6.45, 7) is 5.74. The van der Waals surface area contributed by atoms with Crippen molar-refractivity contribution >= 4 is 5.78 Å². The molecule has 0 saturated heterocycles. The molecule has 1 rings (SSSR count). The second kappa shape index (κ2) is 3.32. The first-order valence-electron chi connectivity index (χ1n) is 4.40. The van der Waals surface area contributed by atoms with Crippen molar-refractivity contribution in [3.05, 3.63) is 18.0 Å². The Labute approximate surface area is 78.8 Å². The van der Waals surface area contributed by atoms with Crippen LogP contribution in [0.4, 0.5) is 0 Å². The molecule has 0 saturated carbocycles. The minimum Gasteiger partial charge on any atom is -0.300 e. The highest BCUT2D eigenvalue weighted by Gasteiger charge is 2.23. The summed E-state index contributed by atoms with van der Waals surface area (Å²) < 4.78 is 1.76. The van der Waals surface area contributed by atoms with Gasteiger partial charge in [-0.1, -0.05) is 13.8 Å². The number of nitrogens with zero attached hydrogens (tertiary/aromatic N) is 2. The van der Waals surface area contributed by atoms with Gasteiger partial charge >= 0.3 is 0 Å². The first-order valence-corrected chi connectivity index (χ1v) is 4.40. The summed E-state index contributed by atoms with van der Waals surface area (Å²) in [5, 5.41) is 4.10. The van der Waals surface area contributed by atoms with Crippen LogP contribution >= 0.6 is 0 Å². The summed E-state index contributed by atoms with van der Waals surface area (Å²) in [6.07, 6.45) is 4.35. The number of carbonyl (C=O) groups is 1. The van der Waals surface area contributed by atoms with Crippen LogP contribution < -0.4 is 0 Å². The molecule has 1 heterocycles.